The Balaban J connectivity index is 2.25. The molecule has 1 aromatic rings. The Morgan fingerprint density at radius 1 is 1.44 bits per heavy atom. The van der Waals surface area contributed by atoms with Gasteiger partial charge >= 0.3 is 5.97 Å². The van der Waals surface area contributed by atoms with Gasteiger partial charge in [-0.1, -0.05) is 26.3 Å². The maximum atomic E-state index is 11.1. The lowest BCUT2D eigenvalue weighted by Gasteiger charge is -2.29. The highest BCUT2D eigenvalue weighted by atomic mass is 16.4. The molecule has 98 valence electrons. The first-order valence-electron chi connectivity index (χ1n) is 6.51. The molecule has 1 atom stereocenters. The van der Waals surface area contributed by atoms with E-state index in [1.54, 1.807) is 12.1 Å². The van der Waals surface area contributed by atoms with Crippen LogP contribution in [-0.2, 0) is 0 Å². The fourth-order valence-electron chi connectivity index (χ4n) is 2.81. The lowest BCUT2D eigenvalue weighted by atomic mass is 9.87. The topological polar surface area (TPSA) is 49.3 Å². The summed E-state index contributed by atoms with van der Waals surface area (Å²) >= 11 is 0. The fraction of sp³-hybridized carbons (Fsp3) is 0.533. The molecule has 0 heterocycles. The fourth-order valence-corrected chi connectivity index (χ4v) is 2.81. The molecule has 1 saturated carbocycles. The monoisotopic (exact) mass is 247 g/mol. The molecule has 0 bridgehead atoms. The van der Waals surface area contributed by atoms with Gasteiger partial charge in [-0.05, 0) is 42.9 Å². The number of hydrogen-bond acceptors (Lipinski definition) is 2. The number of carboxylic acid groups (broad SMARTS) is 1. The Morgan fingerprint density at radius 3 is 2.72 bits per heavy atom. The highest BCUT2D eigenvalue weighted by Gasteiger charge is 2.34. The van der Waals surface area contributed by atoms with Gasteiger partial charge in [0.1, 0.15) is 0 Å². The van der Waals surface area contributed by atoms with Crippen LogP contribution in [0.5, 0.6) is 0 Å². The van der Waals surface area contributed by atoms with Crippen molar-refractivity contribution >= 4 is 11.7 Å². The number of carbonyl (C=O) groups is 1. The zero-order valence-electron chi connectivity index (χ0n) is 11.3. The normalized spacial score (nSPS) is 21.8. The second-order valence-corrected chi connectivity index (χ2v) is 5.86. The minimum Gasteiger partial charge on any atom is -0.478 e. The third-order valence-corrected chi connectivity index (χ3v) is 4.15. The molecule has 0 amide bonds. The van der Waals surface area contributed by atoms with Crippen LogP contribution in [0.25, 0.3) is 0 Å². The zero-order valence-corrected chi connectivity index (χ0v) is 11.3. The Morgan fingerprint density at radius 2 is 2.17 bits per heavy atom. The van der Waals surface area contributed by atoms with E-state index in [1.165, 1.54) is 12.8 Å². The maximum absolute atomic E-state index is 11.1. The van der Waals surface area contributed by atoms with E-state index in [9.17, 15) is 4.79 Å². The smallest absolute Gasteiger partial charge is 0.336 e. The van der Waals surface area contributed by atoms with Crippen molar-refractivity contribution < 1.29 is 9.90 Å². The van der Waals surface area contributed by atoms with Crippen LogP contribution in [0.4, 0.5) is 5.69 Å². The molecular weight excluding hydrogens is 226 g/mol. The third kappa shape index (κ3) is 2.35. The number of carboxylic acids is 1. The molecule has 1 aliphatic rings. The van der Waals surface area contributed by atoms with E-state index in [0.717, 1.165) is 17.7 Å². The summed E-state index contributed by atoms with van der Waals surface area (Å²) in [6, 6.07) is 5.86. The first-order valence-corrected chi connectivity index (χ1v) is 6.51. The van der Waals surface area contributed by atoms with E-state index in [0.29, 0.717) is 11.6 Å². The first kappa shape index (κ1) is 12.9. The van der Waals surface area contributed by atoms with Gasteiger partial charge in [0.15, 0.2) is 0 Å². The van der Waals surface area contributed by atoms with E-state index < -0.39 is 5.97 Å². The predicted molar refractivity (Wildman–Crippen MR) is 73.2 cm³/mol. The maximum Gasteiger partial charge on any atom is 0.336 e. The molecule has 0 aliphatic heterocycles. The minimum absolute atomic E-state index is 0.283. The van der Waals surface area contributed by atoms with Crippen molar-refractivity contribution in [1.29, 1.82) is 0 Å². The van der Waals surface area contributed by atoms with Crippen LogP contribution < -0.4 is 5.32 Å². The van der Waals surface area contributed by atoms with Gasteiger partial charge in [0.2, 0.25) is 0 Å². The summed E-state index contributed by atoms with van der Waals surface area (Å²) in [4.78, 5) is 11.1. The predicted octanol–water partition coefficient (Wildman–Crippen LogP) is 3.68. The molecule has 0 radical (unpaired) electrons. The molecular formula is C15H21NO2. The van der Waals surface area contributed by atoms with E-state index in [4.69, 9.17) is 5.11 Å². The van der Waals surface area contributed by atoms with Crippen molar-refractivity contribution in [3.8, 4) is 0 Å². The number of anilines is 1. The quantitative estimate of drug-likeness (QED) is 0.856. The van der Waals surface area contributed by atoms with E-state index in [2.05, 4.69) is 19.2 Å². The summed E-state index contributed by atoms with van der Waals surface area (Å²) in [7, 11) is 0. The molecule has 2 N–H and O–H groups in total. The second kappa shape index (κ2) is 4.63. The molecule has 1 aromatic carbocycles. The molecule has 1 aliphatic carbocycles. The lowest BCUT2D eigenvalue weighted by Crippen LogP contribution is -2.31. The molecule has 2 rings (SSSR count). The Kier molecular flexibility index (Phi) is 3.33. The van der Waals surface area contributed by atoms with Gasteiger partial charge in [-0.25, -0.2) is 4.79 Å². The molecule has 0 aromatic heterocycles. The summed E-state index contributed by atoms with van der Waals surface area (Å²) in [5, 5.41) is 12.7. The van der Waals surface area contributed by atoms with Gasteiger partial charge in [-0.3, -0.25) is 0 Å². The Bertz CT molecular complexity index is 466. The number of hydrogen-bond donors (Lipinski definition) is 2. The molecule has 18 heavy (non-hydrogen) atoms. The van der Waals surface area contributed by atoms with Gasteiger partial charge in [-0.2, -0.15) is 0 Å². The van der Waals surface area contributed by atoms with Gasteiger partial charge in [-0.15, -0.1) is 0 Å². The van der Waals surface area contributed by atoms with E-state index in [1.807, 2.05) is 13.0 Å². The SMILES string of the molecule is Cc1c(NC2CCCC2(C)C)cccc1C(=O)O. The number of nitrogens with one attached hydrogen (secondary N) is 1. The zero-order chi connectivity index (χ0) is 13.3. The summed E-state index contributed by atoms with van der Waals surface area (Å²) in [6.45, 7) is 6.41. The molecule has 0 spiro atoms. The van der Waals surface area contributed by atoms with Crippen molar-refractivity contribution in [1.82, 2.24) is 0 Å². The van der Waals surface area contributed by atoms with Gasteiger partial charge in [0.05, 0.1) is 5.56 Å². The Hall–Kier alpha value is -1.51. The van der Waals surface area contributed by atoms with Crippen molar-refractivity contribution in [3.63, 3.8) is 0 Å². The summed E-state index contributed by atoms with van der Waals surface area (Å²) in [6.07, 6.45) is 3.62. The molecule has 1 fully saturated rings. The average Bonchev–Trinajstić information content (AvgIpc) is 2.61. The van der Waals surface area contributed by atoms with Crippen LogP contribution >= 0.6 is 0 Å². The minimum atomic E-state index is -0.859. The largest absolute Gasteiger partial charge is 0.478 e. The lowest BCUT2D eigenvalue weighted by molar-refractivity contribution is 0.0696. The molecule has 3 nitrogen and oxygen atoms in total. The number of rotatable bonds is 3. The number of aromatic carboxylic acids is 1. The van der Waals surface area contributed by atoms with Crippen molar-refractivity contribution in [2.45, 2.75) is 46.1 Å². The summed E-state index contributed by atoms with van der Waals surface area (Å²) < 4.78 is 0. The highest BCUT2D eigenvalue weighted by molar-refractivity contribution is 5.91. The standard InChI is InChI=1S/C15H21NO2/c1-10-11(14(17)18)6-4-7-12(10)16-13-8-5-9-15(13,2)3/h4,6-7,13,16H,5,8-9H2,1-3H3,(H,17,18). The average molecular weight is 247 g/mol. The first-order chi connectivity index (χ1) is 8.42. The summed E-state index contributed by atoms with van der Waals surface area (Å²) in [5.41, 5.74) is 2.45. The second-order valence-electron chi connectivity index (χ2n) is 5.86. The Labute approximate surface area is 108 Å². The van der Waals surface area contributed by atoms with Crippen LogP contribution in [0.3, 0.4) is 0 Å². The van der Waals surface area contributed by atoms with Crippen molar-refractivity contribution in [2.75, 3.05) is 5.32 Å². The van der Waals surface area contributed by atoms with Crippen molar-refractivity contribution in [3.05, 3.63) is 29.3 Å². The van der Waals surface area contributed by atoms with Crippen molar-refractivity contribution in [2.24, 2.45) is 5.41 Å². The van der Waals surface area contributed by atoms with Crippen LogP contribution in [0.2, 0.25) is 0 Å². The number of benzene rings is 1. The van der Waals surface area contributed by atoms with Crippen LogP contribution in [-0.4, -0.2) is 17.1 Å². The third-order valence-electron chi connectivity index (χ3n) is 4.15. The highest BCUT2D eigenvalue weighted by Crippen LogP contribution is 2.39. The molecule has 1 unspecified atom stereocenters. The van der Waals surface area contributed by atoms with Crippen LogP contribution in [0, 0.1) is 12.3 Å². The van der Waals surface area contributed by atoms with Crippen LogP contribution in [0.15, 0.2) is 18.2 Å². The van der Waals surface area contributed by atoms with E-state index >= 15 is 0 Å². The van der Waals surface area contributed by atoms with Crippen LogP contribution in [0.1, 0.15) is 49.0 Å². The molecule has 0 saturated heterocycles. The molecule has 3 heteroatoms. The van der Waals surface area contributed by atoms with Gasteiger partial charge < -0.3 is 10.4 Å². The van der Waals surface area contributed by atoms with Gasteiger partial charge in [0.25, 0.3) is 0 Å². The van der Waals surface area contributed by atoms with E-state index in [-0.39, 0.29) is 5.41 Å². The summed E-state index contributed by atoms with van der Waals surface area (Å²) in [5.74, 6) is -0.859. The van der Waals surface area contributed by atoms with Gasteiger partial charge in [0, 0.05) is 11.7 Å².